The zero-order chi connectivity index (χ0) is 14.6. The Balaban J connectivity index is 2.69. The molecule has 0 bridgehead atoms. The van der Waals surface area contributed by atoms with Crippen molar-refractivity contribution in [1.82, 2.24) is 5.32 Å². The van der Waals surface area contributed by atoms with Crippen LogP contribution in [0.2, 0.25) is 5.02 Å². The summed E-state index contributed by atoms with van der Waals surface area (Å²) < 4.78 is 0. The van der Waals surface area contributed by atoms with Crippen molar-refractivity contribution >= 4 is 35.0 Å². The Morgan fingerprint density at radius 3 is 2.68 bits per heavy atom. The maximum Gasteiger partial charge on any atom is 0.233 e. The molecule has 5 heteroatoms. The zero-order valence-electron chi connectivity index (χ0n) is 11.8. The number of hydrogen-bond donors (Lipinski definition) is 2. The lowest BCUT2D eigenvalue weighted by Crippen LogP contribution is -2.46. The Kier molecular flexibility index (Phi) is 5.56. The van der Waals surface area contributed by atoms with Gasteiger partial charge >= 0.3 is 0 Å². The largest absolute Gasteiger partial charge is 0.399 e. The Labute approximate surface area is 124 Å². The monoisotopic (exact) mass is 300 g/mol. The number of nitrogens with one attached hydrogen (secondary N) is 1. The zero-order valence-corrected chi connectivity index (χ0v) is 13.4. The van der Waals surface area contributed by atoms with E-state index in [4.69, 9.17) is 17.3 Å². The Hall–Kier alpha value is -0.870. The van der Waals surface area contributed by atoms with Gasteiger partial charge in [0.05, 0.1) is 10.3 Å². The van der Waals surface area contributed by atoms with Gasteiger partial charge in [0.2, 0.25) is 5.91 Å². The second kappa shape index (κ2) is 6.53. The fraction of sp³-hybridized carbons (Fsp3) is 0.500. The summed E-state index contributed by atoms with van der Waals surface area (Å²) in [7, 11) is 0. The van der Waals surface area contributed by atoms with Gasteiger partial charge in [0.15, 0.2) is 0 Å². The van der Waals surface area contributed by atoms with Crippen molar-refractivity contribution in [2.45, 2.75) is 49.8 Å². The first-order valence-corrected chi connectivity index (χ1v) is 7.54. The summed E-state index contributed by atoms with van der Waals surface area (Å²) in [5.41, 5.74) is 6.09. The normalized spacial score (nSPS) is 13.1. The van der Waals surface area contributed by atoms with Gasteiger partial charge in [0.25, 0.3) is 0 Å². The smallest absolute Gasteiger partial charge is 0.233 e. The van der Waals surface area contributed by atoms with E-state index in [0.717, 1.165) is 11.3 Å². The molecule has 0 spiro atoms. The van der Waals surface area contributed by atoms with E-state index in [-0.39, 0.29) is 16.7 Å². The molecule has 0 heterocycles. The molecule has 1 rings (SSSR count). The molecule has 1 aromatic carbocycles. The van der Waals surface area contributed by atoms with E-state index in [1.165, 1.54) is 11.8 Å². The summed E-state index contributed by atoms with van der Waals surface area (Å²) in [6.45, 7) is 7.95. The number of hydrogen-bond acceptors (Lipinski definition) is 3. The quantitative estimate of drug-likeness (QED) is 0.644. The highest BCUT2D eigenvalue weighted by Crippen LogP contribution is 2.32. The maximum absolute atomic E-state index is 12.1. The van der Waals surface area contributed by atoms with Gasteiger partial charge in [0.1, 0.15) is 0 Å². The topological polar surface area (TPSA) is 55.1 Å². The van der Waals surface area contributed by atoms with Crippen molar-refractivity contribution in [2.75, 3.05) is 5.73 Å². The maximum atomic E-state index is 12.1. The fourth-order valence-electron chi connectivity index (χ4n) is 1.38. The molecule has 3 N–H and O–H groups in total. The van der Waals surface area contributed by atoms with Gasteiger partial charge in [-0.05, 0) is 45.4 Å². The van der Waals surface area contributed by atoms with Gasteiger partial charge in [-0.2, -0.15) is 0 Å². The number of thioether (sulfide) groups is 1. The molecule has 0 aliphatic rings. The van der Waals surface area contributed by atoms with E-state index in [2.05, 4.69) is 12.2 Å². The highest BCUT2D eigenvalue weighted by atomic mass is 35.5. The first-order valence-electron chi connectivity index (χ1n) is 6.29. The average Bonchev–Trinajstić information content (AvgIpc) is 2.32. The summed E-state index contributed by atoms with van der Waals surface area (Å²) >= 11 is 7.54. The molecule has 3 nitrogen and oxygen atoms in total. The van der Waals surface area contributed by atoms with Gasteiger partial charge in [-0.15, -0.1) is 11.8 Å². The number of halogens is 1. The number of benzene rings is 1. The predicted octanol–water partition coefficient (Wildman–Crippen LogP) is 3.71. The van der Waals surface area contributed by atoms with Gasteiger partial charge < -0.3 is 11.1 Å². The molecule has 0 aliphatic heterocycles. The highest BCUT2D eigenvalue weighted by molar-refractivity contribution is 8.00. The summed E-state index contributed by atoms with van der Waals surface area (Å²) in [6.07, 6.45) is 0.888. The predicted molar refractivity (Wildman–Crippen MR) is 83.7 cm³/mol. The molecule has 1 atom stereocenters. The number of carbonyl (C=O) groups excluding carboxylic acids is 1. The van der Waals surface area contributed by atoms with Crippen LogP contribution in [0.15, 0.2) is 23.1 Å². The highest BCUT2D eigenvalue weighted by Gasteiger charge is 2.22. The molecule has 1 aromatic rings. The second-order valence-corrected chi connectivity index (χ2v) is 6.97. The summed E-state index contributed by atoms with van der Waals surface area (Å²) in [5.74, 6) is 0.0183. The Morgan fingerprint density at radius 2 is 2.16 bits per heavy atom. The van der Waals surface area contributed by atoms with Crippen LogP contribution in [-0.4, -0.2) is 16.7 Å². The number of nitrogen functional groups attached to an aromatic ring is 1. The standard InChI is InChI=1S/C14H21ClN2OS/c1-5-14(3,4)17-13(18)9(2)19-12-7-6-10(16)8-11(12)15/h6-9H,5,16H2,1-4H3,(H,17,18). The van der Waals surface area contributed by atoms with Crippen molar-refractivity contribution < 1.29 is 4.79 Å². The van der Waals surface area contributed by atoms with Crippen LogP contribution < -0.4 is 11.1 Å². The number of rotatable bonds is 5. The number of amides is 1. The lowest BCUT2D eigenvalue weighted by atomic mass is 10.0. The molecule has 0 radical (unpaired) electrons. The summed E-state index contributed by atoms with van der Waals surface area (Å²) in [4.78, 5) is 13.0. The van der Waals surface area contributed by atoms with E-state index in [1.807, 2.05) is 26.8 Å². The van der Waals surface area contributed by atoms with E-state index in [1.54, 1.807) is 12.1 Å². The van der Waals surface area contributed by atoms with Gasteiger partial charge in [0, 0.05) is 16.1 Å². The van der Waals surface area contributed by atoms with Crippen molar-refractivity contribution in [3.05, 3.63) is 23.2 Å². The van der Waals surface area contributed by atoms with Crippen molar-refractivity contribution in [1.29, 1.82) is 0 Å². The summed E-state index contributed by atoms with van der Waals surface area (Å²) in [5, 5.41) is 3.41. The van der Waals surface area contributed by atoms with Crippen LogP contribution in [0.25, 0.3) is 0 Å². The minimum absolute atomic E-state index is 0.0183. The van der Waals surface area contributed by atoms with Crippen LogP contribution >= 0.6 is 23.4 Å². The summed E-state index contributed by atoms with van der Waals surface area (Å²) in [6, 6.07) is 5.33. The molecule has 1 unspecified atom stereocenters. The van der Waals surface area contributed by atoms with E-state index >= 15 is 0 Å². The number of carbonyl (C=O) groups is 1. The van der Waals surface area contributed by atoms with E-state index < -0.39 is 0 Å². The molecule has 0 saturated carbocycles. The Bertz CT molecular complexity index is 463. The fourth-order valence-corrected chi connectivity index (χ4v) is 2.57. The van der Waals surface area contributed by atoms with Crippen LogP contribution in [0, 0.1) is 0 Å². The van der Waals surface area contributed by atoms with E-state index in [0.29, 0.717) is 10.7 Å². The first kappa shape index (κ1) is 16.2. The third-order valence-electron chi connectivity index (χ3n) is 2.97. The van der Waals surface area contributed by atoms with Crippen LogP contribution in [0.4, 0.5) is 5.69 Å². The Morgan fingerprint density at radius 1 is 1.53 bits per heavy atom. The average molecular weight is 301 g/mol. The molecule has 0 saturated heterocycles. The first-order chi connectivity index (χ1) is 8.75. The molecule has 106 valence electrons. The van der Waals surface area contributed by atoms with E-state index in [9.17, 15) is 4.79 Å². The minimum Gasteiger partial charge on any atom is -0.399 e. The SMILES string of the molecule is CCC(C)(C)NC(=O)C(C)Sc1ccc(N)cc1Cl. The van der Waals surface area contributed by atoms with Crippen LogP contribution in [0.3, 0.4) is 0 Å². The number of anilines is 1. The van der Waals surface area contributed by atoms with Crippen LogP contribution in [0.5, 0.6) is 0 Å². The van der Waals surface area contributed by atoms with Crippen molar-refractivity contribution in [2.24, 2.45) is 0 Å². The lowest BCUT2D eigenvalue weighted by molar-refractivity contribution is -0.121. The third-order valence-corrected chi connectivity index (χ3v) is 4.58. The van der Waals surface area contributed by atoms with Gasteiger partial charge in [-0.1, -0.05) is 18.5 Å². The van der Waals surface area contributed by atoms with Crippen LogP contribution in [0.1, 0.15) is 34.1 Å². The molecule has 1 amide bonds. The van der Waals surface area contributed by atoms with Crippen molar-refractivity contribution in [3.63, 3.8) is 0 Å². The molecule has 0 fully saturated rings. The van der Waals surface area contributed by atoms with Gasteiger partial charge in [-0.25, -0.2) is 0 Å². The number of nitrogens with two attached hydrogens (primary N) is 1. The molecule has 0 aromatic heterocycles. The van der Waals surface area contributed by atoms with Gasteiger partial charge in [-0.3, -0.25) is 4.79 Å². The molecular formula is C14H21ClN2OS. The molecular weight excluding hydrogens is 280 g/mol. The molecule has 0 aliphatic carbocycles. The lowest BCUT2D eigenvalue weighted by Gasteiger charge is -2.26. The minimum atomic E-state index is -0.202. The second-order valence-electron chi connectivity index (χ2n) is 5.18. The van der Waals surface area contributed by atoms with Crippen LogP contribution in [-0.2, 0) is 4.79 Å². The third kappa shape index (κ3) is 4.96. The van der Waals surface area contributed by atoms with Crippen molar-refractivity contribution in [3.8, 4) is 0 Å². The molecule has 19 heavy (non-hydrogen) atoms.